The summed E-state index contributed by atoms with van der Waals surface area (Å²) in [5.41, 5.74) is 0.573. The van der Waals surface area contributed by atoms with E-state index in [2.05, 4.69) is 4.99 Å². The van der Waals surface area contributed by atoms with Gasteiger partial charge in [-0.2, -0.15) is 4.99 Å². The summed E-state index contributed by atoms with van der Waals surface area (Å²) in [6.07, 6.45) is 0. The highest BCUT2D eigenvalue weighted by Gasteiger charge is 2.49. The van der Waals surface area contributed by atoms with Gasteiger partial charge in [0.1, 0.15) is 5.75 Å². The van der Waals surface area contributed by atoms with Gasteiger partial charge in [0.2, 0.25) is 0 Å². The molecule has 2 atom stereocenters. The number of sulfone groups is 1. The molecule has 2 saturated heterocycles. The van der Waals surface area contributed by atoms with Gasteiger partial charge >= 0.3 is 0 Å². The number of nitrogens with zero attached hydrogens (tertiary/aromatic N) is 2. The number of amides is 1. The molecule has 0 N–H and O–H groups in total. The van der Waals surface area contributed by atoms with Crippen molar-refractivity contribution in [1.29, 1.82) is 0 Å². The molecule has 0 aliphatic carbocycles. The molecule has 2 aliphatic rings. The molecule has 0 radical (unpaired) electrons. The smallest absolute Gasteiger partial charge is 0.285 e. The maximum Gasteiger partial charge on any atom is 0.285 e. The van der Waals surface area contributed by atoms with Gasteiger partial charge in [-0.15, -0.1) is 0 Å². The van der Waals surface area contributed by atoms with Crippen molar-refractivity contribution in [1.82, 2.24) is 0 Å². The molecule has 2 unspecified atom stereocenters. The van der Waals surface area contributed by atoms with Crippen molar-refractivity contribution in [2.75, 3.05) is 23.0 Å². The fraction of sp³-hybridized carbons (Fsp3) is 0.263. The van der Waals surface area contributed by atoms with Crippen molar-refractivity contribution in [2.24, 2.45) is 4.99 Å². The van der Waals surface area contributed by atoms with Gasteiger partial charge in [0, 0.05) is 10.3 Å². The molecule has 0 saturated carbocycles. The third kappa shape index (κ3) is 4.55. The molecule has 4 rings (SSSR count). The number of ether oxygens (including phenoxy) is 1. The molecule has 0 aromatic heterocycles. The Hall–Kier alpha value is -1.74. The normalized spacial score (nSPS) is 23.9. The summed E-state index contributed by atoms with van der Waals surface area (Å²) in [6, 6.07) is 13.6. The van der Waals surface area contributed by atoms with Gasteiger partial charge in [0.25, 0.3) is 5.91 Å². The first-order valence-electron chi connectivity index (χ1n) is 8.73. The zero-order valence-electron chi connectivity index (χ0n) is 15.0. The number of hydrogen-bond acceptors (Lipinski definition) is 5. The number of thioether (sulfide) groups is 1. The first-order chi connectivity index (χ1) is 13.8. The van der Waals surface area contributed by atoms with Crippen LogP contribution in [0.5, 0.6) is 5.75 Å². The lowest BCUT2D eigenvalue weighted by atomic mass is 10.2. The number of aliphatic imine (C=N–C) groups is 1. The average molecular weight is 471 g/mol. The number of halogens is 2. The summed E-state index contributed by atoms with van der Waals surface area (Å²) in [4.78, 5) is 18.3. The van der Waals surface area contributed by atoms with Crippen LogP contribution < -0.4 is 9.64 Å². The van der Waals surface area contributed by atoms with Crippen LogP contribution in [-0.4, -0.2) is 48.9 Å². The Bertz CT molecular complexity index is 1080. The predicted molar refractivity (Wildman–Crippen MR) is 117 cm³/mol. The van der Waals surface area contributed by atoms with Crippen LogP contribution in [0.2, 0.25) is 10.0 Å². The number of hydrogen-bond donors (Lipinski definition) is 0. The first-order valence-corrected chi connectivity index (χ1v) is 12.2. The maximum atomic E-state index is 12.4. The minimum absolute atomic E-state index is 0.0165. The van der Waals surface area contributed by atoms with Gasteiger partial charge < -0.3 is 9.64 Å². The van der Waals surface area contributed by atoms with E-state index in [-0.39, 0.29) is 29.4 Å². The molecule has 152 valence electrons. The van der Waals surface area contributed by atoms with E-state index in [0.717, 1.165) is 0 Å². The van der Waals surface area contributed by atoms with Gasteiger partial charge in [-0.1, -0.05) is 53.2 Å². The molecule has 2 aromatic rings. The van der Waals surface area contributed by atoms with Crippen LogP contribution in [-0.2, 0) is 14.6 Å². The lowest BCUT2D eigenvalue weighted by Gasteiger charge is -2.25. The average Bonchev–Trinajstić information content (AvgIpc) is 3.12. The summed E-state index contributed by atoms with van der Waals surface area (Å²) in [6.45, 7) is -0.218. The zero-order chi connectivity index (χ0) is 20.6. The van der Waals surface area contributed by atoms with Gasteiger partial charge in [-0.25, -0.2) is 8.42 Å². The van der Waals surface area contributed by atoms with Crippen LogP contribution in [0.4, 0.5) is 5.69 Å². The number of anilines is 1. The molecule has 2 aliphatic heterocycles. The molecular formula is C19H16Cl2N2O4S2. The fourth-order valence-electron chi connectivity index (χ4n) is 3.32. The van der Waals surface area contributed by atoms with Crippen LogP contribution in [0.15, 0.2) is 53.5 Å². The Labute approximate surface area is 182 Å². The SMILES string of the molecule is O=C(COc1ccccc1)N=C1SC2CS(=O)(=O)CC2N1c1ccc(Cl)cc1Cl. The number of benzene rings is 2. The van der Waals surface area contributed by atoms with Crippen LogP contribution in [0.25, 0.3) is 0 Å². The summed E-state index contributed by atoms with van der Waals surface area (Å²) in [5, 5.41) is 1.03. The second-order valence-electron chi connectivity index (χ2n) is 6.66. The Morgan fingerprint density at radius 1 is 1.17 bits per heavy atom. The number of para-hydroxylation sites is 1. The van der Waals surface area contributed by atoms with Gasteiger partial charge in [-0.3, -0.25) is 4.79 Å². The van der Waals surface area contributed by atoms with Crippen molar-refractivity contribution < 1.29 is 17.9 Å². The van der Waals surface area contributed by atoms with E-state index in [1.165, 1.54) is 11.8 Å². The highest BCUT2D eigenvalue weighted by molar-refractivity contribution is 8.16. The predicted octanol–water partition coefficient (Wildman–Crippen LogP) is 3.67. The van der Waals surface area contributed by atoms with Gasteiger partial charge in [0.05, 0.1) is 28.3 Å². The van der Waals surface area contributed by atoms with E-state index in [1.54, 1.807) is 35.2 Å². The van der Waals surface area contributed by atoms with Crippen molar-refractivity contribution in [3.05, 3.63) is 58.6 Å². The van der Waals surface area contributed by atoms with E-state index < -0.39 is 15.7 Å². The topological polar surface area (TPSA) is 76.0 Å². The van der Waals surface area contributed by atoms with Crippen molar-refractivity contribution >= 4 is 61.6 Å². The first kappa shape index (κ1) is 20.5. The van der Waals surface area contributed by atoms with E-state index >= 15 is 0 Å². The summed E-state index contributed by atoms with van der Waals surface area (Å²) >= 11 is 13.6. The highest BCUT2D eigenvalue weighted by atomic mass is 35.5. The lowest BCUT2D eigenvalue weighted by molar-refractivity contribution is -0.119. The number of rotatable bonds is 4. The number of carbonyl (C=O) groups is 1. The molecule has 29 heavy (non-hydrogen) atoms. The van der Waals surface area contributed by atoms with Gasteiger partial charge in [0.15, 0.2) is 21.6 Å². The Kier molecular flexibility index (Phi) is 5.79. The molecule has 0 bridgehead atoms. The standard InChI is InChI=1S/C19H16Cl2N2O4S2/c20-12-6-7-15(14(21)8-12)23-16-10-29(25,26)11-17(16)28-19(23)22-18(24)9-27-13-4-2-1-3-5-13/h1-8,16-17H,9-11H2. The van der Waals surface area contributed by atoms with Crippen LogP contribution in [0, 0.1) is 0 Å². The minimum atomic E-state index is -3.16. The summed E-state index contributed by atoms with van der Waals surface area (Å²) in [5.74, 6) is 0.129. The van der Waals surface area contributed by atoms with Crippen LogP contribution in [0.1, 0.15) is 0 Å². The Balaban J connectivity index is 1.60. The molecule has 0 spiro atoms. The number of fused-ring (bicyclic) bond motifs is 1. The molecule has 2 aromatic carbocycles. The quantitative estimate of drug-likeness (QED) is 0.678. The van der Waals surface area contributed by atoms with Crippen molar-refractivity contribution in [3.8, 4) is 5.75 Å². The third-order valence-electron chi connectivity index (χ3n) is 4.56. The second kappa shape index (κ2) is 8.18. The summed E-state index contributed by atoms with van der Waals surface area (Å²) in [7, 11) is -3.16. The van der Waals surface area contributed by atoms with Crippen molar-refractivity contribution in [2.45, 2.75) is 11.3 Å². The number of amidine groups is 1. The van der Waals surface area contributed by atoms with Crippen LogP contribution in [0.3, 0.4) is 0 Å². The molecule has 2 heterocycles. The Morgan fingerprint density at radius 2 is 1.93 bits per heavy atom. The molecule has 6 nitrogen and oxygen atoms in total. The number of carbonyl (C=O) groups excluding carboxylic acids is 1. The maximum absolute atomic E-state index is 12.4. The van der Waals surface area contributed by atoms with Gasteiger partial charge in [-0.05, 0) is 30.3 Å². The summed E-state index contributed by atoms with van der Waals surface area (Å²) < 4.78 is 29.7. The highest BCUT2D eigenvalue weighted by Crippen LogP contribution is 2.43. The largest absolute Gasteiger partial charge is 0.484 e. The van der Waals surface area contributed by atoms with Crippen molar-refractivity contribution in [3.63, 3.8) is 0 Å². The molecule has 1 amide bonds. The molecular weight excluding hydrogens is 455 g/mol. The monoisotopic (exact) mass is 470 g/mol. The van der Waals surface area contributed by atoms with Crippen LogP contribution >= 0.6 is 35.0 Å². The molecule has 2 fully saturated rings. The fourth-order valence-corrected chi connectivity index (χ4v) is 7.75. The van der Waals surface area contributed by atoms with E-state index in [0.29, 0.717) is 26.6 Å². The zero-order valence-corrected chi connectivity index (χ0v) is 18.1. The van der Waals surface area contributed by atoms with E-state index in [4.69, 9.17) is 27.9 Å². The second-order valence-corrected chi connectivity index (χ2v) is 10.9. The van der Waals surface area contributed by atoms with E-state index in [1.807, 2.05) is 18.2 Å². The Morgan fingerprint density at radius 3 is 2.66 bits per heavy atom. The third-order valence-corrected chi connectivity index (χ3v) is 8.31. The molecule has 10 heteroatoms. The minimum Gasteiger partial charge on any atom is -0.484 e. The lowest BCUT2D eigenvalue weighted by Crippen LogP contribution is -2.38. The van der Waals surface area contributed by atoms with E-state index in [9.17, 15) is 13.2 Å².